The molecule has 2 aromatic rings. The molecule has 0 aliphatic carbocycles. The van der Waals surface area contributed by atoms with Gasteiger partial charge in [-0.3, -0.25) is 4.79 Å². The minimum absolute atomic E-state index is 0.196. The number of benzene rings is 2. The highest BCUT2D eigenvalue weighted by molar-refractivity contribution is 6.02. The topological polar surface area (TPSA) is 55.4 Å². The van der Waals surface area contributed by atoms with Gasteiger partial charge < -0.3 is 10.1 Å². The van der Waals surface area contributed by atoms with Crippen molar-refractivity contribution >= 4 is 18.0 Å². The smallest absolute Gasteiger partial charge is 0.338 e. The first kappa shape index (κ1) is 20.4. The van der Waals surface area contributed by atoms with Gasteiger partial charge in [-0.05, 0) is 46.7 Å². The number of rotatable bonds is 7. The molecule has 2 aromatic carbocycles. The van der Waals surface area contributed by atoms with Crippen molar-refractivity contribution in [3.8, 4) is 11.1 Å². The summed E-state index contributed by atoms with van der Waals surface area (Å²) in [6, 6.07) is 11.2. The Bertz CT molecular complexity index is 853. The molecule has 0 unspecified atom stereocenters. The number of esters is 1. The van der Waals surface area contributed by atoms with Crippen molar-refractivity contribution in [2.24, 2.45) is 5.92 Å². The molecule has 0 heterocycles. The van der Waals surface area contributed by atoms with Crippen molar-refractivity contribution in [1.29, 1.82) is 0 Å². The molecule has 1 N–H and O–H groups in total. The summed E-state index contributed by atoms with van der Waals surface area (Å²) >= 11 is 0. The van der Waals surface area contributed by atoms with Crippen LogP contribution in [0.1, 0.15) is 52.6 Å². The van der Waals surface area contributed by atoms with E-state index in [0.29, 0.717) is 23.6 Å². The van der Waals surface area contributed by atoms with E-state index in [1.165, 1.54) is 7.11 Å². The summed E-state index contributed by atoms with van der Waals surface area (Å²) in [4.78, 5) is 24.8. The zero-order chi connectivity index (χ0) is 20.0. The Morgan fingerprint density at radius 3 is 2.44 bits per heavy atom. The van der Waals surface area contributed by atoms with Gasteiger partial charge in [-0.1, -0.05) is 57.7 Å². The fourth-order valence-corrected chi connectivity index (χ4v) is 2.89. The molecule has 1 amide bonds. The van der Waals surface area contributed by atoms with Crippen LogP contribution in [-0.4, -0.2) is 25.5 Å². The van der Waals surface area contributed by atoms with Gasteiger partial charge in [0.1, 0.15) is 0 Å². The van der Waals surface area contributed by atoms with Gasteiger partial charge in [-0.2, -0.15) is 0 Å². The van der Waals surface area contributed by atoms with Crippen LogP contribution in [0.5, 0.6) is 0 Å². The molecule has 27 heavy (non-hydrogen) atoms. The molecular formula is C23H27NO3. The van der Waals surface area contributed by atoms with Crippen LogP contribution in [0.15, 0.2) is 43.0 Å². The lowest BCUT2D eigenvalue weighted by molar-refractivity contribution is 0.0601. The van der Waals surface area contributed by atoms with E-state index in [2.05, 4.69) is 24.9 Å². The highest BCUT2D eigenvalue weighted by Gasteiger charge is 2.18. The summed E-state index contributed by atoms with van der Waals surface area (Å²) in [6.45, 7) is 10.5. The van der Waals surface area contributed by atoms with Crippen LogP contribution in [0.25, 0.3) is 17.2 Å². The summed E-state index contributed by atoms with van der Waals surface area (Å²) < 4.78 is 4.96. The van der Waals surface area contributed by atoms with Gasteiger partial charge in [0.25, 0.3) is 5.91 Å². The minimum Gasteiger partial charge on any atom is -0.465 e. The maximum Gasteiger partial charge on any atom is 0.338 e. The average Bonchev–Trinajstić information content (AvgIpc) is 2.70. The Labute approximate surface area is 161 Å². The molecule has 0 saturated carbocycles. The first-order valence-corrected chi connectivity index (χ1v) is 9.17. The molecule has 0 aromatic heterocycles. The molecule has 0 saturated heterocycles. The van der Waals surface area contributed by atoms with E-state index in [1.54, 1.807) is 18.2 Å². The number of carbonyl (C=O) groups is 2. The Morgan fingerprint density at radius 2 is 1.85 bits per heavy atom. The summed E-state index contributed by atoms with van der Waals surface area (Å²) in [6.07, 6.45) is 2.61. The normalized spacial score (nSPS) is 10.6. The van der Waals surface area contributed by atoms with Crippen molar-refractivity contribution in [3.05, 3.63) is 65.2 Å². The highest BCUT2D eigenvalue weighted by Crippen LogP contribution is 2.30. The molecular weight excluding hydrogens is 338 g/mol. The lowest BCUT2D eigenvalue weighted by atomic mass is 9.91. The molecule has 0 aliphatic rings. The van der Waals surface area contributed by atoms with E-state index in [9.17, 15) is 9.59 Å². The van der Waals surface area contributed by atoms with Crippen molar-refractivity contribution in [3.63, 3.8) is 0 Å². The van der Waals surface area contributed by atoms with Gasteiger partial charge >= 0.3 is 5.97 Å². The predicted molar refractivity (Wildman–Crippen MR) is 110 cm³/mol. The third-order valence-corrected chi connectivity index (χ3v) is 4.39. The van der Waals surface area contributed by atoms with Gasteiger partial charge in [0, 0.05) is 12.1 Å². The molecule has 4 nitrogen and oxygen atoms in total. The second kappa shape index (κ2) is 9.17. The molecule has 142 valence electrons. The molecule has 0 bridgehead atoms. The van der Waals surface area contributed by atoms with E-state index >= 15 is 0 Å². The van der Waals surface area contributed by atoms with E-state index in [1.807, 2.05) is 32.0 Å². The Hall–Kier alpha value is -2.88. The summed E-state index contributed by atoms with van der Waals surface area (Å²) in [5, 5.41) is 2.88. The van der Waals surface area contributed by atoms with Crippen LogP contribution >= 0.6 is 0 Å². The van der Waals surface area contributed by atoms with E-state index in [-0.39, 0.29) is 5.91 Å². The maximum absolute atomic E-state index is 12.4. The van der Waals surface area contributed by atoms with Crippen LogP contribution in [0, 0.1) is 5.92 Å². The second-order valence-electron chi connectivity index (χ2n) is 6.83. The predicted octanol–water partition coefficient (Wildman–Crippen LogP) is 4.73. The van der Waals surface area contributed by atoms with Gasteiger partial charge in [0.15, 0.2) is 0 Å². The molecule has 4 heteroatoms. The number of amides is 1. The lowest BCUT2D eigenvalue weighted by Crippen LogP contribution is -2.27. The lowest BCUT2D eigenvalue weighted by Gasteiger charge is -2.15. The van der Waals surface area contributed by atoms with Gasteiger partial charge in [0.2, 0.25) is 0 Å². The van der Waals surface area contributed by atoms with Crippen LogP contribution in [0.4, 0.5) is 0 Å². The average molecular weight is 365 g/mol. The third-order valence-electron chi connectivity index (χ3n) is 4.39. The van der Waals surface area contributed by atoms with Gasteiger partial charge in [0.05, 0.1) is 12.7 Å². The molecule has 2 rings (SSSR count). The molecule has 0 radical (unpaired) electrons. The van der Waals surface area contributed by atoms with Crippen LogP contribution < -0.4 is 5.32 Å². The Morgan fingerprint density at radius 1 is 1.15 bits per heavy atom. The maximum atomic E-state index is 12.4. The molecule has 0 spiro atoms. The number of carbonyl (C=O) groups excluding carboxylic acids is 2. The van der Waals surface area contributed by atoms with Crippen LogP contribution in [0.3, 0.4) is 0 Å². The van der Waals surface area contributed by atoms with Crippen molar-refractivity contribution in [1.82, 2.24) is 5.32 Å². The number of hydrogen-bond acceptors (Lipinski definition) is 3. The monoisotopic (exact) mass is 365 g/mol. The number of aryl methyl sites for hydroxylation is 1. The fourth-order valence-electron chi connectivity index (χ4n) is 2.89. The number of ether oxygens (including phenoxy) is 1. The van der Waals surface area contributed by atoms with Crippen molar-refractivity contribution in [2.75, 3.05) is 13.7 Å². The molecule has 0 aliphatic heterocycles. The second-order valence-corrected chi connectivity index (χ2v) is 6.83. The van der Waals surface area contributed by atoms with E-state index in [4.69, 9.17) is 4.74 Å². The van der Waals surface area contributed by atoms with Crippen molar-refractivity contribution in [2.45, 2.75) is 27.2 Å². The Kier molecular flexibility index (Phi) is 6.94. The molecule has 0 atom stereocenters. The zero-order valence-corrected chi connectivity index (χ0v) is 16.5. The molecule has 0 fully saturated rings. The minimum atomic E-state index is -0.460. The Balaban J connectivity index is 2.53. The van der Waals surface area contributed by atoms with Gasteiger partial charge in [-0.25, -0.2) is 4.79 Å². The highest BCUT2D eigenvalue weighted by atomic mass is 16.5. The van der Waals surface area contributed by atoms with Crippen LogP contribution in [-0.2, 0) is 11.2 Å². The number of hydrogen-bond donors (Lipinski definition) is 1. The third kappa shape index (κ3) is 4.85. The summed E-state index contributed by atoms with van der Waals surface area (Å²) in [5.74, 6) is -0.305. The van der Waals surface area contributed by atoms with E-state index < -0.39 is 5.97 Å². The zero-order valence-electron chi connectivity index (χ0n) is 16.5. The van der Waals surface area contributed by atoms with Gasteiger partial charge in [-0.15, -0.1) is 0 Å². The standard InChI is InChI=1S/C23H27NO3/c1-6-16-8-10-19(17(7-2)12-16)20-11-9-18(13-21(20)23(26)27-5)22(25)24-14-15(3)4/h6,8-13,15H,1,7,14H2,2-5H3,(H,24,25). The number of nitrogens with one attached hydrogen (secondary N) is 1. The van der Waals surface area contributed by atoms with E-state index in [0.717, 1.165) is 28.7 Å². The first-order valence-electron chi connectivity index (χ1n) is 9.17. The summed E-state index contributed by atoms with van der Waals surface area (Å²) in [7, 11) is 1.35. The largest absolute Gasteiger partial charge is 0.465 e. The SMILES string of the molecule is C=Cc1ccc(-c2ccc(C(=O)NCC(C)C)cc2C(=O)OC)c(CC)c1. The van der Waals surface area contributed by atoms with Crippen LogP contribution in [0.2, 0.25) is 0 Å². The fraction of sp³-hybridized carbons (Fsp3) is 0.304. The number of methoxy groups -OCH3 is 1. The first-order chi connectivity index (χ1) is 12.9. The summed E-state index contributed by atoms with van der Waals surface area (Å²) in [5.41, 5.74) is 4.68. The quantitative estimate of drug-likeness (QED) is 0.722. The van der Waals surface area contributed by atoms with Crippen molar-refractivity contribution < 1.29 is 14.3 Å².